The average molecular weight is 297 g/mol. The summed E-state index contributed by atoms with van der Waals surface area (Å²) in [4.78, 5) is 0. The number of hydrogen-bond acceptors (Lipinski definition) is 4. The van der Waals surface area contributed by atoms with Crippen LogP contribution >= 0.6 is 15.9 Å². The molecule has 0 aliphatic heterocycles. The molecule has 1 atom stereocenters. The van der Waals surface area contributed by atoms with Gasteiger partial charge in [-0.1, -0.05) is 12.1 Å². The van der Waals surface area contributed by atoms with Crippen molar-refractivity contribution in [2.45, 2.75) is 6.04 Å². The van der Waals surface area contributed by atoms with Gasteiger partial charge in [-0.3, -0.25) is 5.84 Å². The van der Waals surface area contributed by atoms with E-state index in [2.05, 4.69) is 21.4 Å². The molecule has 17 heavy (non-hydrogen) atoms. The van der Waals surface area contributed by atoms with Crippen LogP contribution < -0.4 is 16.0 Å². The molecule has 1 aromatic carbocycles. The van der Waals surface area contributed by atoms with Crippen molar-refractivity contribution in [2.24, 2.45) is 5.84 Å². The average Bonchev–Trinajstić information content (AvgIpc) is 2.78. The fourth-order valence-electron chi connectivity index (χ4n) is 1.67. The Bertz CT molecular complexity index is 482. The standard InChI is InChI=1S/C12H13BrN2O2/c1-16-9-4-2-8(3-5-9)11(15-14)10-6-7-17-12(10)13/h2-7,11,15H,14H2,1H3. The Kier molecular flexibility index (Phi) is 3.83. The summed E-state index contributed by atoms with van der Waals surface area (Å²) in [5.74, 6) is 6.41. The summed E-state index contributed by atoms with van der Waals surface area (Å²) in [6.07, 6.45) is 1.62. The Morgan fingerprint density at radius 3 is 2.47 bits per heavy atom. The van der Waals surface area contributed by atoms with Crippen LogP contribution in [-0.2, 0) is 0 Å². The first-order valence-electron chi connectivity index (χ1n) is 5.09. The van der Waals surface area contributed by atoms with Crippen LogP contribution in [0.5, 0.6) is 5.75 Å². The Morgan fingerprint density at radius 2 is 2.00 bits per heavy atom. The molecule has 0 spiro atoms. The minimum absolute atomic E-state index is 0.117. The second-order valence-corrected chi connectivity index (χ2v) is 4.24. The second kappa shape index (κ2) is 5.35. The molecule has 2 aromatic rings. The highest BCUT2D eigenvalue weighted by molar-refractivity contribution is 9.10. The molecule has 2 rings (SSSR count). The summed E-state index contributed by atoms with van der Waals surface area (Å²) in [5, 5.41) is 0. The van der Waals surface area contributed by atoms with Gasteiger partial charge in [0.15, 0.2) is 4.67 Å². The number of nitrogens with two attached hydrogens (primary N) is 1. The fraction of sp³-hybridized carbons (Fsp3) is 0.167. The molecule has 0 radical (unpaired) electrons. The lowest BCUT2D eigenvalue weighted by atomic mass is 10.0. The number of ether oxygens (including phenoxy) is 1. The second-order valence-electron chi connectivity index (χ2n) is 3.52. The highest BCUT2D eigenvalue weighted by atomic mass is 79.9. The zero-order valence-corrected chi connectivity index (χ0v) is 10.9. The Balaban J connectivity index is 2.32. The van der Waals surface area contributed by atoms with E-state index in [1.807, 2.05) is 30.3 Å². The van der Waals surface area contributed by atoms with Gasteiger partial charge in [0.1, 0.15) is 5.75 Å². The lowest BCUT2D eigenvalue weighted by Gasteiger charge is -2.15. The van der Waals surface area contributed by atoms with Crippen LogP contribution in [0.15, 0.2) is 45.7 Å². The molecule has 0 saturated heterocycles. The number of halogens is 1. The summed E-state index contributed by atoms with van der Waals surface area (Å²) in [6, 6.07) is 9.47. The smallest absolute Gasteiger partial charge is 0.174 e. The summed E-state index contributed by atoms with van der Waals surface area (Å²) < 4.78 is 11.0. The minimum atomic E-state index is -0.117. The van der Waals surface area contributed by atoms with Gasteiger partial charge in [0.25, 0.3) is 0 Å². The van der Waals surface area contributed by atoms with Gasteiger partial charge in [-0.2, -0.15) is 0 Å². The first-order valence-corrected chi connectivity index (χ1v) is 5.88. The Hall–Kier alpha value is -1.30. The van der Waals surface area contributed by atoms with Crippen LogP contribution in [-0.4, -0.2) is 7.11 Å². The third-order valence-corrected chi connectivity index (χ3v) is 3.22. The van der Waals surface area contributed by atoms with Crippen molar-refractivity contribution in [2.75, 3.05) is 7.11 Å². The van der Waals surface area contributed by atoms with E-state index in [-0.39, 0.29) is 6.04 Å². The lowest BCUT2D eigenvalue weighted by Crippen LogP contribution is -2.28. The van der Waals surface area contributed by atoms with E-state index in [0.717, 1.165) is 16.9 Å². The van der Waals surface area contributed by atoms with Crippen molar-refractivity contribution in [3.63, 3.8) is 0 Å². The molecule has 0 fully saturated rings. The molecule has 90 valence electrons. The predicted octanol–water partition coefficient (Wildman–Crippen LogP) is 2.60. The van der Waals surface area contributed by atoms with E-state index >= 15 is 0 Å². The maximum atomic E-state index is 5.59. The van der Waals surface area contributed by atoms with E-state index < -0.39 is 0 Å². The van der Waals surface area contributed by atoms with Crippen LogP contribution in [0, 0.1) is 0 Å². The van der Waals surface area contributed by atoms with Crippen LogP contribution in [0.25, 0.3) is 0 Å². The molecule has 0 saturated carbocycles. The van der Waals surface area contributed by atoms with Gasteiger partial charge in [0.05, 0.1) is 19.4 Å². The van der Waals surface area contributed by atoms with E-state index in [1.165, 1.54) is 0 Å². The molecule has 5 heteroatoms. The topological polar surface area (TPSA) is 60.4 Å². The Morgan fingerprint density at radius 1 is 1.29 bits per heavy atom. The van der Waals surface area contributed by atoms with Crippen molar-refractivity contribution < 1.29 is 9.15 Å². The van der Waals surface area contributed by atoms with Crippen molar-refractivity contribution in [1.82, 2.24) is 5.43 Å². The number of hydrogen-bond donors (Lipinski definition) is 2. The van der Waals surface area contributed by atoms with Gasteiger partial charge in [0.2, 0.25) is 0 Å². The van der Waals surface area contributed by atoms with E-state index in [0.29, 0.717) is 4.67 Å². The maximum Gasteiger partial charge on any atom is 0.174 e. The normalized spacial score (nSPS) is 12.4. The van der Waals surface area contributed by atoms with Gasteiger partial charge in [0, 0.05) is 5.56 Å². The molecule has 3 N–H and O–H groups in total. The summed E-state index contributed by atoms with van der Waals surface area (Å²) in [5.41, 5.74) is 4.76. The quantitative estimate of drug-likeness (QED) is 0.672. The van der Waals surface area contributed by atoms with E-state index in [1.54, 1.807) is 13.4 Å². The number of nitrogens with one attached hydrogen (secondary N) is 1. The molecular weight excluding hydrogens is 284 g/mol. The van der Waals surface area contributed by atoms with Gasteiger partial charge in [-0.05, 0) is 39.7 Å². The fourth-order valence-corrected chi connectivity index (χ4v) is 2.14. The SMILES string of the molecule is COc1ccc(C(NN)c2ccoc2Br)cc1. The zero-order valence-electron chi connectivity index (χ0n) is 9.31. The van der Waals surface area contributed by atoms with Crippen LogP contribution in [0.3, 0.4) is 0 Å². The van der Waals surface area contributed by atoms with Crippen LogP contribution in [0.1, 0.15) is 17.2 Å². The Labute approximate surface area is 108 Å². The molecule has 0 amide bonds. The predicted molar refractivity (Wildman–Crippen MR) is 68.6 cm³/mol. The number of rotatable bonds is 4. The molecule has 1 unspecified atom stereocenters. The van der Waals surface area contributed by atoms with Gasteiger partial charge >= 0.3 is 0 Å². The minimum Gasteiger partial charge on any atom is -0.497 e. The summed E-state index contributed by atoms with van der Waals surface area (Å²) in [6.45, 7) is 0. The van der Waals surface area contributed by atoms with Crippen molar-refractivity contribution >= 4 is 15.9 Å². The van der Waals surface area contributed by atoms with Crippen molar-refractivity contribution in [3.8, 4) is 5.75 Å². The van der Waals surface area contributed by atoms with E-state index in [4.69, 9.17) is 15.0 Å². The third-order valence-electron chi connectivity index (χ3n) is 2.57. The molecule has 4 nitrogen and oxygen atoms in total. The lowest BCUT2D eigenvalue weighted by molar-refractivity contribution is 0.414. The van der Waals surface area contributed by atoms with Crippen LogP contribution in [0.2, 0.25) is 0 Å². The molecule has 1 aromatic heterocycles. The number of methoxy groups -OCH3 is 1. The molecular formula is C12H13BrN2O2. The van der Waals surface area contributed by atoms with Crippen LogP contribution in [0.4, 0.5) is 0 Å². The van der Waals surface area contributed by atoms with Gasteiger partial charge in [-0.15, -0.1) is 0 Å². The largest absolute Gasteiger partial charge is 0.497 e. The third kappa shape index (κ3) is 2.52. The van der Waals surface area contributed by atoms with Crippen molar-refractivity contribution in [3.05, 3.63) is 52.4 Å². The first-order chi connectivity index (χ1) is 8.26. The molecule has 0 bridgehead atoms. The van der Waals surface area contributed by atoms with E-state index in [9.17, 15) is 0 Å². The highest BCUT2D eigenvalue weighted by Crippen LogP contribution is 2.29. The maximum absolute atomic E-state index is 5.59. The molecule has 1 heterocycles. The monoisotopic (exact) mass is 296 g/mol. The summed E-state index contributed by atoms with van der Waals surface area (Å²) >= 11 is 3.35. The highest BCUT2D eigenvalue weighted by Gasteiger charge is 2.17. The number of furan rings is 1. The zero-order chi connectivity index (χ0) is 12.3. The van der Waals surface area contributed by atoms with Crippen molar-refractivity contribution in [1.29, 1.82) is 0 Å². The number of hydrazine groups is 1. The first kappa shape index (κ1) is 12.2. The molecule has 0 aliphatic rings. The van der Waals surface area contributed by atoms with Gasteiger partial charge < -0.3 is 9.15 Å². The number of benzene rings is 1. The molecule has 0 aliphatic carbocycles. The summed E-state index contributed by atoms with van der Waals surface area (Å²) in [7, 11) is 1.64. The van der Waals surface area contributed by atoms with Gasteiger partial charge in [-0.25, -0.2) is 5.43 Å².